The summed E-state index contributed by atoms with van der Waals surface area (Å²) in [4.78, 5) is 28.8. The van der Waals surface area contributed by atoms with E-state index in [0.29, 0.717) is 37.3 Å². The monoisotopic (exact) mass is 336 g/mol. The molecule has 3 fully saturated rings. The Morgan fingerprint density at radius 3 is 2.71 bits per heavy atom. The van der Waals surface area contributed by atoms with Gasteiger partial charge in [-0.2, -0.15) is 0 Å². The molecule has 5 heteroatoms. The van der Waals surface area contributed by atoms with Crippen LogP contribution in [0.25, 0.3) is 0 Å². The summed E-state index contributed by atoms with van der Waals surface area (Å²) in [5.74, 6) is 1.14. The lowest BCUT2D eigenvalue weighted by atomic mass is 9.64. The van der Waals surface area contributed by atoms with Crippen molar-refractivity contribution in [3.8, 4) is 0 Å². The molecule has 24 heavy (non-hydrogen) atoms. The molecule has 0 aromatic rings. The zero-order chi connectivity index (χ0) is 17.3. The molecule has 5 nitrogen and oxygen atoms in total. The minimum atomic E-state index is -0.180. The SMILES string of the molecule is CCN(CC)C(=O)O[C@H]1CC[C@@]23CCCN2C(=O)CCC[C@H]3[C@H]1C. The fourth-order valence-electron chi connectivity index (χ4n) is 5.50. The van der Waals surface area contributed by atoms with Crippen molar-refractivity contribution in [2.75, 3.05) is 19.6 Å². The molecule has 1 spiro atoms. The number of carbonyl (C=O) groups is 2. The van der Waals surface area contributed by atoms with E-state index in [-0.39, 0.29) is 17.7 Å². The predicted molar refractivity (Wildman–Crippen MR) is 92.6 cm³/mol. The van der Waals surface area contributed by atoms with Crippen LogP contribution < -0.4 is 0 Å². The molecule has 0 bridgehead atoms. The van der Waals surface area contributed by atoms with Gasteiger partial charge in [0.25, 0.3) is 0 Å². The molecule has 3 aliphatic rings. The highest BCUT2D eigenvalue weighted by molar-refractivity contribution is 5.78. The quantitative estimate of drug-likeness (QED) is 0.793. The van der Waals surface area contributed by atoms with Crippen molar-refractivity contribution in [3.63, 3.8) is 0 Å². The zero-order valence-corrected chi connectivity index (χ0v) is 15.4. The Hall–Kier alpha value is -1.26. The number of hydrogen-bond acceptors (Lipinski definition) is 3. The van der Waals surface area contributed by atoms with Crippen molar-refractivity contribution in [3.05, 3.63) is 0 Å². The number of ether oxygens (including phenoxy) is 1. The van der Waals surface area contributed by atoms with Crippen LogP contribution in [-0.2, 0) is 9.53 Å². The molecule has 136 valence electrons. The van der Waals surface area contributed by atoms with Crippen molar-refractivity contribution < 1.29 is 14.3 Å². The van der Waals surface area contributed by atoms with Gasteiger partial charge in [-0.05, 0) is 64.2 Å². The molecule has 2 aliphatic heterocycles. The molecule has 1 aliphatic carbocycles. The second-order valence-corrected chi connectivity index (χ2v) is 7.74. The molecule has 2 amide bonds. The van der Waals surface area contributed by atoms with Gasteiger partial charge in [0.05, 0.1) is 0 Å². The van der Waals surface area contributed by atoms with Crippen molar-refractivity contribution in [1.29, 1.82) is 0 Å². The Morgan fingerprint density at radius 2 is 2.00 bits per heavy atom. The first-order valence-corrected chi connectivity index (χ1v) is 9.79. The lowest BCUT2D eigenvalue weighted by Gasteiger charge is -2.51. The van der Waals surface area contributed by atoms with Gasteiger partial charge in [0.15, 0.2) is 0 Å². The molecule has 3 rings (SSSR count). The van der Waals surface area contributed by atoms with Gasteiger partial charge in [-0.1, -0.05) is 6.92 Å². The van der Waals surface area contributed by atoms with E-state index in [9.17, 15) is 9.59 Å². The van der Waals surface area contributed by atoms with E-state index in [0.717, 1.165) is 45.1 Å². The third-order valence-corrected chi connectivity index (χ3v) is 6.78. The molecule has 2 saturated heterocycles. The van der Waals surface area contributed by atoms with Crippen LogP contribution in [-0.4, -0.2) is 53.1 Å². The standard InChI is InChI=1S/C19H32N2O3/c1-4-20(5-2)18(23)24-16-10-12-19-11-7-13-21(19)17(22)9-6-8-15(19)14(16)3/h14-16H,4-13H2,1-3H3/t14-,15+,16+,19-/m1/s1. The lowest BCUT2D eigenvalue weighted by molar-refractivity contribution is -0.140. The molecule has 0 radical (unpaired) electrons. The Balaban J connectivity index is 1.76. The molecule has 2 heterocycles. The molecular formula is C19H32N2O3. The van der Waals surface area contributed by atoms with E-state index in [1.54, 1.807) is 4.90 Å². The highest BCUT2D eigenvalue weighted by Gasteiger charge is 2.55. The third-order valence-electron chi connectivity index (χ3n) is 6.78. The first-order chi connectivity index (χ1) is 11.5. The van der Waals surface area contributed by atoms with Gasteiger partial charge < -0.3 is 14.5 Å². The van der Waals surface area contributed by atoms with Crippen molar-refractivity contribution in [1.82, 2.24) is 9.80 Å². The largest absolute Gasteiger partial charge is 0.446 e. The van der Waals surface area contributed by atoms with E-state index in [1.807, 2.05) is 13.8 Å². The molecule has 0 aromatic heterocycles. The van der Waals surface area contributed by atoms with Crippen LogP contribution in [0, 0.1) is 11.8 Å². The third kappa shape index (κ3) is 2.80. The predicted octanol–water partition coefficient (Wildman–Crippen LogP) is 3.42. The maximum Gasteiger partial charge on any atom is 0.410 e. The van der Waals surface area contributed by atoms with Gasteiger partial charge in [0.2, 0.25) is 5.91 Å². The summed E-state index contributed by atoms with van der Waals surface area (Å²) in [6, 6.07) is 0. The summed E-state index contributed by atoms with van der Waals surface area (Å²) in [7, 11) is 0. The van der Waals surface area contributed by atoms with E-state index in [2.05, 4.69) is 11.8 Å². The second kappa shape index (κ2) is 6.93. The van der Waals surface area contributed by atoms with Gasteiger partial charge in [0, 0.05) is 31.6 Å². The number of hydrogen-bond donors (Lipinski definition) is 0. The zero-order valence-electron chi connectivity index (χ0n) is 15.4. The van der Waals surface area contributed by atoms with Crippen LogP contribution in [0.3, 0.4) is 0 Å². The first kappa shape index (κ1) is 17.6. The van der Waals surface area contributed by atoms with E-state index < -0.39 is 0 Å². The van der Waals surface area contributed by atoms with Crippen LogP contribution in [0.2, 0.25) is 0 Å². The van der Waals surface area contributed by atoms with Crippen molar-refractivity contribution in [2.24, 2.45) is 11.8 Å². The summed E-state index contributed by atoms with van der Waals surface area (Å²) in [6.45, 7) is 8.50. The van der Waals surface area contributed by atoms with Crippen LogP contribution in [0.5, 0.6) is 0 Å². The van der Waals surface area contributed by atoms with Gasteiger partial charge >= 0.3 is 6.09 Å². The molecule has 1 saturated carbocycles. The Labute approximate surface area is 145 Å². The van der Waals surface area contributed by atoms with E-state index in [1.165, 1.54) is 0 Å². The van der Waals surface area contributed by atoms with E-state index >= 15 is 0 Å². The second-order valence-electron chi connectivity index (χ2n) is 7.74. The minimum Gasteiger partial charge on any atom is -0.446 e. The fraction of sp³-hybridized carbons (Fsp3) is 0.895. The average Bonchev–Trinajstić information content (AvgIpc) is 2.93. The summed E-state index contributed by atoms with van der Waals surface area (Å²) in [6.07, 6.45) is 6.69. The summed E-state index contributed by atoms with van der Waals surface area (Å²) in [5.41, 5.74) is 0.0467. The number of nitrogens with zero attached hydrogens (tertiary/aromatic N) is 2. The Kier molecular flexibility index (Phi) is 5.07. The number of carbonyl (C=O) groups excluding carboxylic acids is 2. The highest BCUT2D eigenvalue weighted by Crippen LogP contribution is 2.52. The maximum absolute atomic E-state index is 12.5. The normalized spacial score (nSPS) is 35.9. The Bertz CT molecular complexity index is 491. The van der Waals surface area contributed by atoms with Gasteiger partial charge in [-0.3, -0.25) is 4.79 Å². The topological polar surface area (TPSA) is 49.9 Å². The maximum atomic E-state index is 12.5. The summed E-state index contributed by atoms with van der Waals surface area (Å²) < 4.78 is 5.89. The van der Waals surface area contributed by atoms with Gasteiger partial charge in [0.1, 0.15) is 6.10 Å². The fourth-order valence-corrected chi connectivity index (χ4v) is 5.50. The average molecular weight is 336 g/mol. The number of amides is 2. The van der Waals surface area contributed by atoms with Crippen LogP contribution >= 0.6 is 0 Å². The summed E-state index contributed by atoms with van der Waals surface area (Å²) >= 11 is 0. The first-order valence-electron chi connectivity index (χ1n) is 9.79. The van der Waals surface area contributed by atoms with Crippen LogP contribution in [0.15, 0.2) is 0 Å². The van der Waals surface area contributed by atoms with Crippen LogP contribution in [0.4, 0.5) is 4.79 Å². The smallest absolute Gasteiger partial charge is 0.410 e. The highest BCUT2D eigenvalue weighted by atomic mass is 16.6. The molecule has 4 atom stereocenters. The molecule has 0 aromatic carbocycles. The molecule has 0 N–H and O–H groups in total. The summed E-state index contributed by atoms with van der Waals surface area (Å²) in [5, 5.41) is 0. The van der Waals surface area contributed by atoms with Gasteiger partial charge in [-0.25, -0.2) is 4.79 Å². The Morgan fingerprint density at radius 1 is 1.25 bits per heavy atom. The van der Waals surface area contributed by atoms with Crippen molar-refractivity contribution >= 4 is 12.0 Å². The minimum absolute atomic E-state index is 0.00984. The molecule has 0 unspecified atom stereocenters. The molecular weight excluding hydrogens is 304 g/mol. The number of rotatable bonds is 3. The lowest BCUT2D eigenvalue weighted by Crippen LogP contribution is -2.58. The van der Waals surface area contributed by atoms with Crippen LogP contribution in [0.1, 0.15) is 65.7 Å². The van der Waals surface area contributed by atoms with Crippen molar-refractivity contribution in [2.45, 2.75) is 77.4 Å². The van der Waals surface area contributed by atoms with Gasteiger partial charge in [-0.15, -0.1) is 0 Å². The van der Waals surface area contributed by atoms with E-state index in [4.69, 9.17) is 4.74 Å².